The van der Waals surface area contributed by atoms with Crippen molar-refractivity contribution in [2.75, 3.05) is 22.1 Å². The van der Waals surface area contributed by atoms with Crippen LogP contribution in [0.3, 0.4) is 0 Å². The van der Waals surface area contributed by atoms with E-state index in [2.05, 4.69) is 10.6 Å². The Bertz CT molecular complexity index is 753. The standard InChI is InChI=1S/C17H16Cl2N2O2S/c1-11-3-2-4-13(7-11)20-16(22)9-24-10-17(23)21-15-6-5-12(18)8-14(15)19/h2-8H,9-10H2,1H3,(H,20,22)(H,21,23). The van der Waals surface area contributed by atoms with Crippen LogP contribution in [0.15, 0.2) is 42.5 Å². The number of hydrogen-bond acceptors (Lipinski definition) is 3. The van der Waals surface area contributed by atoms with Crippen molar-refractivity contribution in [3.63, 3.8) is 0 Å². The van der Waals surface area contributed by atoms with Gasteiger partial charge in [-0.15, -0.1) is 11.8 Å². The van der Waals surface area contributed by atoms with Crippen molar-refractivity contribution in [1.82, 2.24) is 0 Å². The van der Waals surface area contributed by atoms with Gasteiger partial charge in [0.2, 0.25) is 11.8 Å². The van der Waals surface area contributed by atoms with Gasteiger partial charge in [-0.05, 0) is 42.8 Å². The lowest BCUT2D eigenvalue weighted by molar-refractivity contribution is -0.114. The van der Waals surface area contributed by atoms with Gasteiger partial charge in [-0.25, -0.2) is 0 Å². The van der Waals surface area contributed by atoms with E-state index >= 15 is 0 Å². The van der Waals surface area contributed by atoms with Crippen molar-refractivity contribution in [1.29, 1.82) is 0 Å². The maximum Gasteiger partial charge on any atom is 0.234 e. The van der Waals surface area contributed by atoms with E-state index in [0.717, 1.165) is 11.3 Å². The maximum absolute atomic E-state index is 11.9. The summed E-state index contributed by atoms with van der Waals surface area (Å²) in [5.41, 5.74) is 2.31. The third-order valence-electron chi connectivity index (χ3n) is 2.97. The predicted molar refractivity (Wildman–Crippen MR) is 102 cm³/mol. The lowest BCUT2D eigenvalue weighted by Gasteiger charge is -2.08. The molecule has 0 atom stereocenters. The van der Waals surface area contributed by atoms with Gasteiger partial charge < -0.3 is 10.6 Å². The summed E-state index contributed by atoms with van der Waals surface area (Å²) >= 11 is 13.0. The second kappa shape index (κ2) is 8.97. The molecule has 2 rings (SSSR count). The first kappa shape index (κ1) is 18.6. The molecular weight excluding hydrogens is 367 g/mol. The van der Waals surface area contributed by atoms with Gasteiger partial charge in [-0.3, -0.25) is 9.59 Å². The molecule has 0 aliphatic rings. The molecule has 0 saturated heterocycles. The first-order valence-electron chi connectivity index (χ1n) is 7.13. The Kier molecular flexibility index (Phi) is 6.97. The largest absolute Gasteiger partial charge is 0.325 e. The fourth-order valence-corrected chi connectivity index (χ4v) is 3.01. The summed E-state index contributed by atoms with van der Waals surface area (Å²) in [4.78, 5) is 23.7. The van der Waals surface area contributed by atoms with Gasteiger partial charge in [0.1, 0.15) is 0 Å². The fraction of sp³-hybridized carbons (Fsp3) is 0.176. The smallest absolute Gasteiger partial charge is 0.234 e. The van der Waals surface area contributed by atoms with Crippen molar-refractivity contribution in [3.05, 3.63) is 58.1 Å². The molecule has 0 aromatic heterocycles. The van der Waals surface area contributed by atoms with Crippen molar-refractivity contribution in [2.45, 2.75) is 6.92 Å². The molecule has 0 radical (unpaired) electrons. The Morgan fingerprint density at radius 3 is 2.38 bits per heavy atom. The first-order valence-corrected chi connectivity index (χ1v) is 9.04. The van der Waals surface area contributed by atoms with Crippen molar-refractivity contribution < 1.29 is 9.59 Å². The average molecular weight is 383 g/mol. The van der Waals surface area contributed by atoms with Crippen LogP contribution in [0.1, 0.15) is 5.56 Å². The van der Waals surface area contributed by atoms with Crippen LogP contribution >= 0.6 is 35.0 Å². The predicted octanol–water partition coefficient (Wildman–Crippen LogP) is 4.61. The summed E-state index contributed by atoms with van der Waals surface area (Å²) in [7, 11) is 0. The number of hydrogen-bond donors (Lipinski definition) is 2. The molecular formula is C17H16Cl2N2O2S. The van der Waals surface area contributed by atoms with Crippen LogP contribution in [0.4, 0.5) is 11.4 Å². The van der Waals surface area contributed by atoms with Gasteiger partial charge in [-0.1, -0.05) is 35.3 Å². The summed E-state index contributed by atoms with van der Waals surface area (Å²) in [6.07, 6.45) is 0. The molecule has 0 fully saturated rings. The van der Waals surface area contributed by atoms with Crippen LogP contribution in [-0.4, -0.2) is 23.3 Å². The zero-order chi connectivity index (χ0) is 17.5. The lowest BCUT2D eigenvalue weighted by Crippen LogP contribution is -2.18. The van der Waals surface area contributed by atoms with E-state index in [0.29, 0.717) is 15.7 Å². The summed E-state index contributed by atoms with van der Waals surface area (Å²) in [6, 6.07) is 12.4. The Balaban J connectivity index is 1.75. The second-order valence-electron chi connectivity index (χ2n) is 5.08. The maximum atomic E-state index is 11.9. The van der Waals surface area contributed by atoms with Crippen molar-refractivity contribution >= 4 is 58.2 Å². The van der Waals surface area contributed by atoms with Crippen molar-refractivity contribution in [3.8, 4) is 0 Å². The van der Waals surface area contributed by atoms with Crippen LogP contribution in [0.25, 0.3) is 0 Å². The van der Waals surface area contributed by atoms with E-state index in [1.165, 1.54) is 11.8 Å². The highest BCUT2D eigenvalue weighted by Crippen LogP contribution is 2.25. The van der Waals surface area contributed by atoms with E-state index < -0.39 is 0 Å². The average Bonchev–Trinajstić information content (AvgIpc) is 2.50. The van der Waals surface area contributed by atoms with Crippen LogP contribution in [-0.2, 0) is 9.59 Å². The van der Waals surface area contributed by atoms with Gasteiger partial charge in [0.15, 0.2) is 0 Å². The topological polar surface area (TPSA) is 58.2 Å². The van der Waals surface area contributed by atoms with Gasteiger partial charge in [-0.2, -0.15) is 0 Å². The summed E-state index contributed by atoms with van der Waals surface area (Å²) < 4.78 is 0. The fourth-order valence-electron chi connectivity index (χ4n) is 1.93. The van der Waals surface area contributed by atoms with Crippen molar-refractivity contribution in [2.24, 2.45) is 0 Å². The molecule has 0 aliphatic carbocycles. The van der Waals surface area contributed by atoms with Gasteiger partial charge in [0.05, 0.1) is 22.2 Å². The normalized spacial score (nSPS) is 10.3. The van der Waals surface area contributed by atoms with E-state index in [9.17, 15) is 9.59 Å². The highest BCUT2D eigenvalue weighted by Gasteiger charge is 2.09. The molecule has 2 aromatic carbocycles. The Labute approximate surface area is 154 Å². The highest BCUT2D eigenvalue weighted by molar-refractivity contribution is 8.00. The molecule has 7 heteroatoms. The Hall–Kier alpha value is -1.69. The minimum atomic E-state index is -0.229. The summed E-state index contributed by atoms with van der Waals surface area (Å²) in [5, 5.41) is 6.35. The van der Waals surface area contributed by atoms with Gasteiger partial charge in [0, 0.05) is 10.7 Å². The SMILES string of the molecule is Cc1cccc(NC(=O)CSCC(=O)Nc2ccc(Cl)cc2Cl)c1. The molecule has 0 heterocycles. The number of aryl methyl sites for hydroxylation is 1. The van der Waals surface area contributed by atoms with Crippen LogP contribution in [0.5, 0.6) is 0 Å². The number of carbonyl (C=O) groups is 2. The van der Waals surface area contributed by atoms with Crippen LogP contribution in [0, 0.1) is 6.92 Å². The number of thioether (sulfide) groups is 1. The number of carbonyl (C=O) groups excluding carboxylic acids is 2. The number of nitrogens with one attached hydrogen (secondary N) is 2. The third kappa shape index (κ3) is 6.07. The summed E-state index contributed by atoms with van der Waals surface area (Å²) in [6.45, 7) is 1.95. The first-order chi connectivity index (χ1) is 11.4. The highest BCUT2D eigenvalue weighted by atomic mass is 35.5. The molecule has 0 unspecified atom stereocenters. The molecule has 2 amide bonds. The number of anilines is 2. The van der Waals surface area contributed by atoms with Crippen LogP contribution in [0.2, 0.25) is 10.0 Å². The monoisotopic (exact) mass is 382 g/mol. The van der Waals surface area contributed by atoms with Crippen LogP contribution < -0.4 is 10.6 Å². The molecule has 4 nitrogen and oxygen atoms in total. The van der Waals surface area contributed by atoms with E-state index in [4.69, 9.17) is 23.2 Å². The molecule has 24 heavy (non-hydrogen) atoms. The third-order valence-corrected chi connectivity index (χ3v) is 4.45. The van der Waals surface area contributed by atoms with Gasteiger partial charge >= 0.3 is 0 Å². The minimum absolute atomic E-state index is 0.150. The number of amides is 2. The molecule has 2 N–H and O–H groups in total. The zero-order valence-corrected chi connectivity index (χ0v) is 15.3. The molecule has 0 saturated carbocycles. The molecule has 2 aromatic rings. The Morgan fingerprint density at radius 1 is 1.00 bits per heavy atom. The van der Waals surface area contributed by atoms with E-state index in [1.807, 2.05) is 31.2 Å². The zero-order valence-electron chi connectivity index (χ0n) is 12.9. The number of benzene rings is 2. The quantitative estimate of drug-likeness (QED) is 0.766. The second-order valence-corrected chi connectivity index (χ2v) is 6.91. The molecule has 0 bridgehead atoms. The Morgan fingerprint density at radius 2 is 1.71 bits per heavy atom. The van der Waals surface area contributed by atoms with E-state index in [1.54, 1.807) is 18.2 Å². The van der Waals surface area contributed by atoms with E-state index in [-0.39, 0.29) is 23.3 Å². The minimum Gasteiger partial charge on any atom is -0.325 e. The number of halogens is 2. The number of rotatable bonds is 6. The molecule has 126 valence electrons. The lowest BCUT2D eigenvalue weighted by atomic mass is 10.2. The van der Waals surface area contributed by atoms with Gasteiger partial charge in [0.25, 0.3) is 0 Å². The summed E-state index contributed by atoms with van der Waals surface area (Å²) in [5.74, 6) is -0.0360. The molecule has 0 aliphatic heterocycles. The molecule has 0 spiro atoms.